The maximum Gasteiger partial charge on any atom is 0.317 e. The van der Waals surface area contributed by atoms with Crippen LogP contribution in [0, 0.1) is 0 Å². The van der Waals surface area contributed by atoms with Crippen LogP contribution in [0.5, 0.6) is 0 Å². The van der Waals surface area contributed by atoms with E-state index in [0.717, 1.165) is 50.7 Å². The maximum absolute atomic E-state index is 12.4. The normalized spacial score (nSPS) is 21.4. The van der Waals surface area contributed by atoms with E-state index < -0.39 is 0 Å². The van der Waals surface area contributed by atoms with Gasteiger partial charge < -0.3 is 19.9 Å². The van der Waals surface area contributed by atoms with Gasteiger partial charge in [-0.1, -0.05) is 0 Å². The number of pyridine rings is 1. The van der Waals surface area contributed by atoms with Crippen LogP contribution >= 0.6 is 0 Å². The van der Waals surface area contributed by atoms with Gasteiger partial charge in [0.25, 0.3) is 0 Å². The van der Waals surface area contributed by atoms with Crippen molar-refractivity contribution < 1.29 is 9.53 Å². The number of amides is 2. The molecule has 138 valence electrons. The van der Waals surface area contributed by atoms with E-state index in [2.05, 4.69) is 15.2 Å². The molecular formula is C18H29N5O2. The van der Waals surface area contributed by atoms with E-state index >= 15 is 0 Å². The average molecular weight is 347 g/mol. The van der Waals surface area contributed by atoms with Crippen molar-refractivity contribution in [2.45, 2.75) is 25.5 Å². The van der Waals surface area contributed by atoms with E-state index in [0.29, 0.717) is 12.6 Å². The minimum absolute atomic E-state index is 0.0139. The minimum Gasteiger partial charge on any atom is -0.377 e. The Balaban J connectivity index is 1.41. The molecule has 7 nitrogen and oxygen atoms in total. The topological polar surface area (TPSA) is 60.9 Å². The predicted molar refractivity (Wildman–Crippen MR) is 97.8 cm³/mol. The molecule has 25 heavy (non-hydrogen) atoms. The van der Waals surface area contributed by atoms with E-state index in [9.17, 15) is 4.79 Å². The third-order valence-corrected chi connectivity index (χ3v) is 4.86. The zero-order valence-electron chi connectivity index (χ0n) is 15.3. The second kappa shape index (κ2) is 8.49. The first-order valence-electron chi connectivity index (χ1n) is 9.11. The van der Waals surface area contributed by atoms with Gasteiger partial charge >= 0.3 is 6.03 Å². The number of anilines is 1. The van der Waals surface area contributed by atoms with Gasteiger partial charge in [-0.25, -0.2) is 9.78 Å². The quantitative estimate of drug-likeness (QED) is 0.866. The van der Waals surface area contributed by atoms with Crippen molar-refractivity contribution in [1.29, 1.82) is 0 Å². The summed E-state index contributed by atoms with van der Waals surface area (Å²) in [7, 11) is 3.92. The largest absolute Gasteiger partial charge is 0.377 e. The zero-order valence-corrected chi connectivity index (χ0v) is 15.3. The van der Waals surface area contributed by atoms with Crippen LogP contribution in [0.15, 0.2) is 18.3 Å². The van der Waals surface area contributed by atoms with Crippen LogP contribution < -0.4 is 10.2 Å². The van der Waals surface area contributed by atoms with E-state index in [1.807, 2.05) is 36.0 Å². The Kier molecular flexibility index (Phi) is 6.09. The Morgan fingerprint density at radius 3 is 2.84 bits per heavy atom. The van der Waals surface area contributed by atoms with Crippen molar-refractivity contribution in [3.05, 3.63) is 23.9 Å². The maximum atomic E-state index is 12.4. The molecule has 2 amide bonds. The highest BCUT2D eigenvalue weighted by Crippen LogP contribution is 2.14. The highest BCUT2D eigenvalue weighted by molar-refractivity contribution is 5.74. The molecule has 0 radical (unpaired) electrons. The predicted octanol–water partition coefficient (Wildman–Crippen LogP) is 1.15. The molecule has 0 bridgehead atoms. The number of ether oxygens (including phenoxy) is 1. The molecule has 1 aromatic rings. The first-order valence-corrected chi connectivity index (χ1v) is 9.11. The Hall–Kier alpha value is -1.86. The van der Waals surface area contributed by atoms with Crippen molar-refractivity contribution in [3.8, 4) is 0 Å². The molecule has 2 fully saturated rings. The van der Waals surface area contributed by atoms with Crippen LogP contribution in [0.25, 0.3) is 0 Å². The van der Waals surface area contributed by atoms with E-state index in [1.165, 1.54) is 12.8 Å². The lowest BCUT2D eigenvalue weighted by atomic mass is 10.2. The molecule has 1 atom stereocenters. The average Bonchev–Trinajstić information content (AvgIpc) is 3.13. The summed E-state index contributed by atoms with van der Waals surface area (Å²) in [5.41, 5.74) is 1.06. The lowest BCUT2D eigenvalue weighted by molar-refractivity contribution is 0.0561. The molecule has 7 heteroatoms. The lowest BCUT2D eigenvalue weighted by Gasteiger charge is -2.35. The van der Waals surface area contributed by atoms with Crippen LogP contribution in [0.2, 0.25) is 0 Å². The number of hydrogen-bond donors (Lipinski definition) is 1. The Labute approximate surface area is 149 Å². The van der Waals surface area contributed by atoms with Crippen LogP contribution in [0.3, 0.4) is 0 Å². The molecule has 3 heterocycles. The van der Waals surface area contributed by atoms with Crippen LogP contribution in [0.4, 0.5) is 10.6 Å². The fraction of sp³-hybridized carbons (Fsp3) is 0.667. The summed E-state index contributed by atoms with van der Waals surface area (Å²) < 4.78 is 5.70. The Bertz CT molecular complexity index is 566. The summed E-state index contributed by atoms with van der Waals surface area (Å²) in [6.07, 6.45) is 4.51. The van der Waals surface area contributed by atoms with Crippen LogP contribution in [-0.4, -0.2) is 80.3 Å². The summed E-state index contributed by atoms with van der Waals surface area (Å²) >= 11 is 0. The Morgan fingerprint density at radius 1 is 1.36 bits per heavy atom. The first-order chi connectivity index (χ1) is 12.1. The summed E-state index contributed by atoms with van der Waals surface area (Å²) in [4.78, 5) is 22.9. The molecule has 0 saturated carbocycles. The van der Waals surface area contributed by atoms with Crippen LogP contribution in [0.1, 0.15) is 18.4 Å². The second-order valence-corrected chi connectivity index (χ2v) is 7.00. The van der Waals surface area contributed by atoms with E-state index in [-0.39, 0.29) is 6.03 Å². The van der Waals surface area contributed by atoms with Gasteiger partial charge in [-0.3, -0.25) is 4.90 Å². The number of urea groups is 1. The van der Waals surface area contributed by atoms with Crippen molar-refractivity contribution in [3.63, 3.8) is 0 Å². The molecule has 3 rings (SSSR count). The van der Waals surface area contributed by atoms with E-state index in [4.69, 9.17) is 4.74 Å². The third kappa shape index (κ3) is 5.06. The van der Waals surface area contributed by atoms with Gasteiger partial charge in [-0.2, -0.15) is 0 Å². The number of hydrogen-bond acceptors (Lipinski definition) is 5. The van der Waals surface area contributed by atoms with Crippen LogP contribution in [-0.2, 0) is 11.3 Å². The fourth-order valence-corrected chi connectivity index (χ4v) is 3.31. The zero-order chi connectivity index (χ0) is 17.6. The van der Waals surface area contributed by atoms with Crippen molar-refractivity contribution in [2.24, 2.45) is 0 Å². The van der Waals surface area contributed by atoms with Gasteiger partial charge in [0.05, 0.1) is 6.10 Å². The van der Waals surface area contributed by atoms with Gasteiger partial charge in [0.15, 0.2) is 0 Å². The molecule has 2 aliphatic heterocycles. The molecule has 2 saturated heterocycles. The molecule has 1 N–H and O–H groups in total. The summed E-state index contributed by atoms with van der Waals surface area (Å²) in [5, 5.41) is 3.02. The number of carbonyl (C=O) groups excluding carboxylic acids is 1. The molecule has 0 spiro atoms. The van der Waals surface area contributed by atoms with Gasteiger partial charge in [0.1, 0.15) is 5.82 Å². The number of nitrogens with zero attached hydrogens (tertiary/aromatic N) is 4. The highest BCUT2D eigenvalue weighted by atomic mass is 16.5. The molecule has 0 unspecified atom stereocenters. The Morgan fingerprint density at radius 2 is 2.16 bits per heavy atom. The molecule has 1 aromatic heterocycles. The number of nitrogens with one attached hydrogen (secondary N) is 1. The number of rotatable bonds is 5. The summed E-state index contributed by atoms with van der Waals surface area (Å²) in [5.74, 6) is 0.898. The van der Waals surface area contributed by atoms with Crippen molar-refractivity contribution >= 4 is 11.8 Å². The SMILES string of the molecule is CN(C)c1cc(CNC(=O)N2CCN(C[C@H]3CCCO3)CC2)ccn1. The summed E-state index contributed by atoms with van der Waals surface area (Å²) in [6.45, 7) is 5.83. The smallest absolute Gasteiger partial charge is 0.317 e. The van der Waals surface area contributed by atoms with Crippen molar-refractivity contribution in [2.75, 3.05) is 58.3 Å². The molecular weight excluding hydrogens is 318 g/mol. The van der Waals surface area contributed by atoms with Gasteiger partial charge in [-0.15, -0.1) is 0 Å². The highest BCUT2D eigenvalue weighted by Gasteiger charge is 2.24. The number of aromatic nitrogens is 1. The second-order valence-electron chi connectivity index (χ2n) is 7.00. The third-order valence-electron chi connectivity index (χ3n) is 4.86. The standard InChI is InChI=1S/C18H29N5O2/c1-21(2)17-12-15(5-6-19-17)13-20-18(24)23-9-7-22(8-10-23)14-16-4-3-11-25-16/h5-6,12,16H,3-4,7-11,13-14H2,1-2H3,(H,20,24)/t16-/m1/s1. The number of piperazine rings is 1. The minimum atomic E-state index is 0.0139. The number of carbonyl (C=O) groups is 1. The fourth-order valence-electron chi connectivity index (χ4n) is 3.31. The van der Waals surface area contributed by atoms with Gasteiger partial charge in [0.2, 0.25) is 0 Å². The van der Waals surface area contributed by atoms with E-state index in [1.54, 1.807) is 6.20 Å². The molecule has 2 aliphatic rings. The van der Waals surface area contributed by atoms with Gasteiger partial charge in [-0.05, 0) is 30.5 Å². The van der Waals surface area contributed by atoms with Gasteiger partial charge in [0, 0.05) is 66.2 Å². The summed E-state index contributed by atoms with van der Waals surface area (Å²) in [6, 6.07) is 3.95. The van der Waals surface area contributed by atoms with Crippen molar-refractivity contribution in [1.82, 2.24) is 20.1 Å². The lowest BCUT2D eigenvalue weighted by Crippen LogP contribution is -2.52. The molecule has 0 aromatic carbocycles. The molecule has 0 aliphatic carbocycles. The first kappa shape index (κ1) is 17.9. The monoisotopic (exact) mass is 347 g/mol.